The predicted molar refractivity (Wildman–Crippen MR) is 123 cm³/mol. The van der Waals surface area contributed by atoms with Crippen LogP contribution in [0.25, 0.3) is 11.0 Å². The minimum atomic E-state index is -0.574. The molecule has 5 rings (SSSR count). The van der Waals surface area contributed by atoms with Gasteiger partial charge in [-0.25, -0.2) is 4.98 Å². The van der Waals surface area contributed by atoms with Crippen molar-refractivity contribution in [3.05, 3.63) is 91.8 Å². The number of nitrogens with zero attached hydrogens (tertiary/aromatic N) is 2. The van der Waals surface area contributed by atoms with Gasteiger partial charge in [0.1, 0.15) is 5.58 Å². The number of hydrogen-bond acceptors (Lipinski definition) is 5. The second kappa shape index (κ2) is 7.17. The number of carbonyl (C=O) groups excluding carboxylic acids is 1. The van der Waals surface area contributed by atoms with Gasteiger partial charge in [-0.3, -0.25) is 14.5 Å². The van der Waals surface area contributed by atoms with E-state index in [9.17, 15) is 9.59 Å². The lowest BCUT2D eigenvalue weighted by molar-refractivity contribution is 0.0971. The van der Waals surface area contributed by atoms with Crippen molar-refractivity contribution < 1.29 is 9.21 Å². The van der Waals surface area contributed by atoms with Crippen LogP contribution in [0.15, 0.2) is 57.1 Å². The quantitative estimate of drug-likeness (QED) is 0.416. The van der Waals surface area contributed by atoms with Crippen LogP contribution in [0, 0.1) is 13.8 Å². The summed E-state index contributed by atoms with van der Waals surface area (Å²) >= 11 is 1.39. The molecule has 2 aromatic carbocycles. The van der Waals surface area contributed by atoms with E-state index in [0.29, 0.717) is 27.6 Å². The van der Waals surface area contributed by atoms with Gasteiger partial charge < -0.3 is 4.42 Å². The number of benzene rings is 2. The maximum Gasteiger partial charge on any atom is 0.297 e. The Balaban J connectivity index is 1.78. The molecular weight excluding hydrogens is 408 g/mol. The Kier molecular flexibility index (Phi) is 4.55. The monoisotopic (exact) mass is 430 g/mol. The van der Waals surface area contributed by atoms with Gasteiger partial charge in [0.2, 0.25) is 5.76 Å². The summed E-state index contributed by atoms with van der Waals surface area (Å²) in [5.74, 6) is 0.162. The molecule has 4 aromatic rings. The highest BCUT2D eigenvalue weighted by atomic mass is 32.1. The predicted octanol–water partition coefficient (Wildman–Crippen LogP) is 5.74. The zero-order valence-electron chi connectivity index (χ0n) is 17.8. The highest BCUT2D eigenvalue weighted by Gasteiger charge is 2.44. The summed E-state index contributed by atoms with van der Waals surface area (Å²) in [5.41, 5.74) is 4.51. The molecule has 0 spiro atoms. The summed E-state index contributed by atoms with van der Waals surface area (Å²) in [4.78, 5) is 33.2. The van der Waals surface area contributed by atoms with Gasteiger partial charge in [0.15, 0.2) is 10.6 Å². The van der Waals surface area contributed by atoms with Crippen LogP contribution in [0.1, 0.15) is 64.3 Å². The molecule has 5 nitrogen and oxygen atoms in total. The fraction of sp³-hybridized carbons (Fsp3) is 0.240. The van der Waals surface area contributed by atoms with Gasteiger partial charge in [-0.15, -0.1) is 11.3 Å². The topological polar surface area (TPSA) is 63.4 Å². The van der Waals surface area contributed by atoms with Crippen molar-refractivity contribution in [2.24, 2.45) is 0 Å². The van der Waals surface area contributed by atoms with E-state index in [1.54, 1.807) is 11.0 Å². The molecule has 0 bridgehead atoms. The second-order valence-electron chi connectivity index (χ2n) is 8.34. The number of aryl methyl sites for hydroxylation is 2. The molecule has 0 radical (unpaired) electrons. The lowest BCUT2D eigenvalue weighted by Crippen LogP contribution is -2.29. The molecule has 6 heteroatoms. The van der Waals surface area contributed by atoms with Crippen molar-refractivity contribution in [3.8, 4) is 0 Å². The van der Waals surface area contributed by atoms with Crippen molar-refractivity contribution in [2.45, 2.75) is 39.7 Å². The average Bonchev–Trinajstić information content (AvgIpc) is 3.30. The Bertz CT molecular complexity index is 1380. The van der Waals surface area contributed by atoms with Crippen molar-refractivity contribution in [1.29, 1.82) is 0 Å². The molecule has 156 valence electrons. The Morgan fingerprint density at radius 2 is 1.81 bits per heavy atom. The number of carbonyl (C=O) groups is 1. The zero-order valence-corrected chi connectivity index (χ0v) is 18.6. The first-order valence-corrected chi connectivity index (χ1v) is 11.2. The van der Waals surface area contributed by atoms with E-state index < -0.39 is 6.04 Å². The molecule has 2 aromatic heterocycles. The highest BCUT2D eigenvalue weighted by molar-refractivity contribution is 7.14. The van der Waals surface area contributed by atoms with Gasteiger partial charge in [-0.1, -0.05) is 49.7 Å². The lowest BCUT2D eigenvalue weighted by Gasteiger charge is -2.23. The van der Waals surface area contributed by atoms with Crippen LogP contribution < -0.4 is 10.3 Å². The molecule has 0 N–H and O–H groups in total. The van der Waals surface area contributed by atoms with Gasteiger partial charge >= 0.3 is 0 Å². The Morgan fingerprint density at radius 3 is 2.45 bits per heavy atom. The normalized spacial score (nSPS) is 15.8. The number of hydrogen-bond donors (Lipinski definition) is 0. The molecule has 0 saturated carbocycles. The zero-order chi connectivity index (χ0) is 21.9. The number of anilines is 1. The molecule has 0 fully saturated rings. The maximum atomic E-state index is 13.6. The van der Waals surface area contributed by atoms with E-state index in [0.717, 1.165) is 16.8 Å². The number of aromatic nitrogens is 1. The third-order valence-electron chi connectivity index (χ3n) is 5.76. The summed E-state index contributed by atoms with van der Waals surface area (Å²) in [7, 11) is 0. The van der Waals surface area contributed by atoms with E-state index in [2.05, 4.69) is 31.0 Å². The van der Waals surface area contributed by atoms with Crippen LogP contribution in [0.3, 0.4) is 0 Å². The summed E-state index contributed by atoms with van der Waals surface area (Å²) in [5, 5.41) is 2.96. The highest BCUT2D eigenvalue weighted by Crippen LogP contribution is 2.42. The second-order valence-corrected chi connectivity index (χ2v) is 9.18. The van der Waals surface area contributed by atoms with Crippen LogP contribution in [-0.2, 0) is 0 Å². The van der Waals surface area contributed by atoms with Gasteiger partial charge in [-0.05, 0) is 43.0 Å². The molecule has 1 aliphatic heterocycles. The van der Waals surface area contributed by atoms with Crippen molar-refractivity contribution in [1.82, 2.24) is 4.98 Å². The van der Waals surface area contributed by atoms with Crippen LogP contribution in [0.5, 0.6) is 0 Å². The van der Waals surface area contributed by atoms with Crippen LogP contribution >= 0.6 is 11.3 Å². The summed E-state index contributed by atoms with van der Waals surface area (Å²) in [6, 6.07) is 13.0. The largest absolute Gasteiger partial charge is 0.450 e. The Morgan fingerprint density at radius 1 is 1.06 bits per heavy atom. The van der Waals surface area contributed by atoms with Crippen LogP contribution in [0.2, 0.25) is 0 Å². The smallest absolute Gasteiger partial charge is 0.297 e. The molecule has 31 heavy (non-hydrogen) atoms. The van der Waals surface area contributed by atoms with Gasteiger partial charge in [0, 0.05) is 5.38 Å². The van der Waals surface area contributed by atoms with E-state index >= 15 is 0 Å². The average molecular weight is 431 g/mol. The molecule has 1 aliphatic rings. The number of thiazole rings is 1. The summed E-state index contributed by atoms with van der Waals surface area (Å²) < 4.78 is 6.01. The first-order chi connectivity index (χ1) is 14.8. The Labute approximate surface area is 184 Å². The van der Waals surface area contributed by atoms with Crippen molar-refractivity contribution in [2.75, 3.05) is 4.90 Å². The SMILES string of the molecule is Cc1ccc2oc3c(c(=O)c2c1)[C@H](c1ccc(C(C)C)cc1)N(c1nc(C)cs1)C3=O. The van der Waals surface area contributed by atoms with Gasteiger partial charge in [0.25, 0.3) is 5.91 Å². The third kappa shape index (κ3) is 3.10. The lowest BCUT2D eigenvalue weighted by atomic mass is 9.95. The first-order valence-electron chi connectivity index (χ1n) is 10.3. The fourth-order valence-corrected chi connectivity index (χ4v) is 4.94. The van der Waals surface area contributed by atoms with Gasteiger partial charge in [-0.2, -0.15) is 0 Å². The van der Waals surface area contributed by atoms with Crippen LogP contribution in [-0.4, -0.2) is 10.9 Å². The van der Waals surface area contributed by atoms with E-state index in [1.165, 1.54) is 16.9 Å². The van der Waals surface area contributed by atoms with Crippen molar-refractivity contribution >= 4 is 33.3 Å². The molecule has 1 amide bonds. The van der Waals surface area contributed by atoms with E-state index in [4.69, 9.17) is 4.42 Å². The molecule has 0 unspecified atom stereocenters. The Hall–Kier alpha value is -3.25. The van der Waals surface area contributed by atoms with E-state index in [1.807, 2.05) is 43.5 Å². The van der Waals surface area contributed by atoms with Crippen molar-refractivity contribution in [3.63, 3.8) is 0 Å². The summed E-state index contributed by atoms with van der Waals surface area (Å²) in [6.07, 6.45) is 0. The molecule has 3 heterocycles. The first kappa shape index (κ1) is 19.7. The third-order valence-corrected chi connectivity index (χ3v) is 6.72. The minimum Gasteiger partial charge on any atom is -0.450 e. The molecule has 0 aliphatic carbocycles. The number of fused-ring (bicyclic) bond motifs is 2. The van der Waals surface area contributed by atoms with Crippen LogP contribution in [0.4, 0.5) is 5.13 Å². The molecule has 1 atom stereocenters. The number of rotatable bonds is 3. The maximum absolute atomic E-state index is 13.6. The molecular formula is C25H22N2O3S. The van der Waals surface area contributed by atoms with E-state index in [-0.39, 0.29) is 17.1 Å². The summed E-state index contributed by atoms with van der Waals surface area (Å²) in [6.45, 7) is 8.10. The minimum absolute atomic E-state index is 0.104. The fourth-order valence-electron chi connectivity index (χ4n) is 4.11. The van der Waals surface area contributed by atoms with Gasteiger partial charge in [0.05, 0.1) is 22.7 Å². The molecule has 0 saturated heterocycles. The standard InChI is InChI=1S/C25H22N2O3S/c1-13(2)16-6-8-17(9-7-16)21-20-22(28)18-11-14(3)5-10-19(18)30-23(20)24(29)27(21)25-26-15(4)12-31-25/h5-13,21H,1-4H3/t21-/m0/s1. The number of amides is 1.